The molecule has 0 bridgehead atoms. The molecule has 2 rings (SSSR count). The van der Waals surface area contributed by atoms with Gasteiger partial charge in [0, 0.05) is 29.1 Å². The summed E-state index contributed by atoms with van der Waals surface area (Å²) in [4.78, 5) is 19.2. The van der Waals surface area contributed by atoms with E-state index >= 15 is 0 Å². The fourth-order valence-electron chi connectivity index (χ4n) is 1.72. The average Bonchev–Trinajstić information content (AvgIpc) is 2.67. The molecule has 0 unspecified atom stereocenters. The van der Waals surface area contributed by atoms with Crippen LogP contribution in [0.15, 0.2) is 12.3 Å². The molecule has 18 heavy (non-hydrogen) atoms. The normalized spacial score (nSPS) is 11.0. The summed E-state index contributed by atoms with van der Waals surface area (Å²) in [7, 11) is 0. The molecule has 0 saturated carbocycles. The van der Waals surface area contributed by atoms with Gasteiger partial charge in [0.2, 0.25) is 5.78 Å². The molecule has 0 aliphatic heterocycles. The fraction of sp³-hybridized carbons (Fsp3) is 0.417. The molecule has 0 fully saturated rings. The maximum Gasteiger partial charge on any atom is 0.304 e. The second-order valence-electron chi connectivity index (χ2n) is 4.14. The van der Waals surface area contributed by atoms with Crippen molar-refractivity contribution in [1.82, 2.24) is 14.4 Å². The number of fused-ring (bicyclic) bond motifs is 1. The Hall–Kier alpha value is -1.56. The minimum absolute atomic E-state index is 0.189. The highest BCUT2D eigenvalue weighted by Gasteiger charge is 2.06. The molecular formula is C12H15N3O2S. The number of nitrogens with zero attached hydrogens (tertiary/aromatic N) is 3. The molecule has 0 radical (unpaired) electrons. The van der Waals surface area contributed by atoms with Gasteiger partial charge in [-0.05, 0) is 19.9 Å². The molecular weight excluding hydrogens is 250 g/mol. The summed E-state index contributed by atoms with van der Waals surface area (Å²) in [6.07, 6.45) is 2.15. The molecule has 2 aromatic rings. The van der Waals surface area contributed by atoms with Crippen LogP contribution in [-0.2, 0) is 10.5 Å². The minimum Gasteiger partial charge on any atom is -0.481 e. The Balaban J connectivity index is 2.06. The number of rotatable bonds is 5. The van der Waals surface area contributed by atoms with Crippen molar-refractivity contribution < 1.29 is 9.90 Å². The van der Waals surface area contributed by atoms with Crippen LogP contribution in [0.2, 0.25) is 0 Å². The first-order valence-electron chi connectivity index (χ1n) is 5.68. The Morgan fingerprint density at radius 1 is 1.44 bits per heavy atom. The lowest BCUT2D eigenvalue weighted by Gasteiger charge is -1.98. The van der Waals surface area contributed by atoms with E-state index in [0.717, 1.165) is 22.8 Å². The van der Waals surface area contributed by atoms with Gasteiger partial charge in [0.05, 0.1) is 12.1 Å². The highest BCUT2D eigenvalue weighted by Crippen LogP contribution is 2.14. The van der Waals surface area contributed by atoms with E-state index < -0.39 is 5.97 Å². The molecule has 2 heterocycles. The Morgan fingerprint density at radius 3 is 2.94 bits per heavy atom. The van der Waals surface area contributed by atoms with Crippen molar-refractivity contribution >= 4 is 23.5 Å². The predicted molar refractivity (Wildman–Crippen MR) is 70.9 cm³/mol. The van der Waals surface area contributed by atoms with Crippen molar-refractivity contribution in [1.29, 1.82) is 0 Å². The van der Waals surface area contributed by atoms with Crippen LogP contribution in [0.3, 0.4) is 0 Å². The Kier molecular flexibility index (Phi) is 3.86. The summed E-state index contributed by atoms with van der Waals surface area (Å²) in [5, 5.41) is 8.55. The third-order valence-electron chi connectivity index (χ3n) is 2.52. The molecule has 5 nitrogen and oxygen atoms in total. The van der Waals surface area contributed by atoms with Gasteiger partial charge in [0.25, 0.3) is 0 Å². The third kappa shape index (κ3) is 3.01. The number of aryl methyl sites for hydroxylation is 2. The molecule has 0 aliphatic carbocycles. The van der Waals surface area contributed by atoms with Crippen molar-refractivity contribution in [2.45, 2.75) is 26.0 Å². The minimum atomic E-state index is -0.759. The summed E-state index contributed by atoms with van der Waals surface area (Å²) in [6, 6.07) is 2.01. The van der Waals surface area contributed by atoms with Gasteiger partial charge in [-0.15, -0.1) is 0 Å². The number of carbonyl (C=O) groups is 1. The van der Waals surface area contributed by atoms with Gasteiger partial charge in [-0.3, -0.25) is 9.20 Å². The summed E-state index contributed by atoms with van der Waals surface area (Å²) >= 11 is 1.58. The van der Waals surface area contributed by atoms with E-state index in [0.29, 0.717) is 11.5 Å². The third-order valence-corrected chi connectivity index (χ3v) is 3.51. The lowest BCUT2D eigenvalue weighted by Crippen LogP contribution is -1.96. The van der Waals surface area contributed by atoms with Gasteiger partial charge in [-0.2, -0.15) is 11.8 Å². The van der Waals surface area contributed by atoms with Crippen LogP contribution in [0.25, 0.3) is 5.78 Å². The first-order chi connectivity index (χ1) is 8.56. The Labute approximate surface area is 109 Å². The van der Waals surface area contributed by atoms with Gasteiger partial charge < -0.3 is 5.11 Å². The van der Waals surface area contributed by atoms with Crippen LogP contribution in [0.1, 0.15) is 23.5 Å². The van der Waals surface area contributed by atoms with Gasteiger partial charge >= 0.3 is 5.97 Å². The van der Waals surface area contributed by atoms with Crippen LogP contribution < -0.4 is 0 Å². The number of carboxylic acid groups (broad SMARTS) is 1. The molecule has 6 heteroatoms. The summed E-state index contributed by atoms with van der Waals surface area (Å²) in [5.41, 5.74) is 2.99. The molecule has 1 N–H and O–H groups in total. The Bertz CT molecular complexity index is 580. The first kappa shape index (κ1) is 12.9. The first-order valence-corrected chi connectivity index (χ1v) is 6.83. The number of carboxylic acids is 1. The fourth-order valence-corrected chi connectivity index (χ4v) is 2.54. The highest BCUT2D eigenvalue weighted by atomic mass is 32.2. The highest BCUT2D eigenvalue weighted by molar-refractivity contribution is 7.98. The van der Waals surface area contributed by atoms with E-state index in [1.54, 1.807) is 11.8 Å². The molecule has 0 aromatic carbocycles. The SMILES string of the molecule is Cc1cc(C)n2cc(CSCCC(=O)O)nc2n1. The zero-order valence-electron chi connectivity index (χ0n) is 10.4. The maximum atomic E-state index is 10.4. The van der Waals surface area contributed by atoms with Crippen LogP contribution >= 0.6 is 11.8 Å². The van der Waals surface area contributed by atoms with Gasteiger partial charge in [0.1, 0.15) is 0 Å². The van der Waals surface area contributed by atoms with Crippen LogP contribution in [0.4, 0.5) is 0 Å². The molecule has 0 aliphatic rings. The van der Waals surface area contributed by atoms with E-state index in [2.05, 4.69) is 9.97 Å². The molecule has 2 aromatic heterocycles. The summed E-state index contributed by atoms with van der Waals surface area (Å²) in [6.45, 7) is 3.97. The number of hydrogen-bond donors (Lipinski definition) is 1. The van der Waals surface area contributed by atoms with E-state index in [9.17, 15) is 4.79 Å². The second kappa shape index (κ2) is 5.39. The quantitative estimate of drug-likeness (QED) is 0.838. The lowest BCUT2D eigenvalue weighted by atomic mass is 10.3. The van der Waals surface area contributed by atoms with Crippen LogP contribution in [0, 0.1) is 13.8 Å². The van der Waals surface area contributed by atoms with Crippen LogP contribution in [-0.4, -0.2) is 31.2 Å². The number of hydrogen-bond acceptors (Lipinski definition) is 4. The van der Waals surface area contributed by atoms with E-state index in [1.165, 1.54) is 0 Å². The van der Waals surface area contributed by atoms with Crippen molar-refractivity contribution in [2.24, 2.45) is 0 Å². The summed E-state index contributed by atoms with van der Waals surface area (Å²) < 4.78 is 1.96. The zero-order chi connectivity index (χ0) is 13.1. The van der Waals surface area contributed by atoms with Crippen molar-refractivity contribution in [2.75, 3.05) is 5.75 Å². The van der Waals surface area contributed by atoms with Gasteiger partial charge in [0.15, 0.2) is 0 Å². The number of thioether (sulfide) groups is 1. The molecule has 0 amide bonds. The average molecular weight is 265 g/mol. The van der Waals surface area contributed by atoms with Gasteiger partial charge in [-0.1, -0.05) is 0 Å². The molecule has 96 valence electrons. The van der Waals surface area contributed by atoms with Crippen LogP contribution in [0.5, 0.6) is 0 Å². The number of aromatic nitrogens is 3. The maximum absolute atomic E-state index is 10.4. The van der Waals surface area contributed by atoms with Gasteiger partial charge in [-0.25, -0.2) is 9.97 Å². The smallest absolute Gasteiger partial charge is 0.304 e. The predicted octanol–water partition coefficient (Wildman–Crippen LogP) is 2.05. The topological polar surface area (TPSA) is 67.5 Å². The Morgan fingerprint density at radius 2 is 2.22 bits per heavy atom. The molecule has 0 atom stereocenters. The number of aliphatic carboxylic acids is 1. The van der Waals surface area contributed by atoms with Crippen molar-refractivity contribution in [3.63, 3.8) is 0 Å². The number of imidazole rings is 1. The second-order valence-corrected chi connectivity index (χ2v) is 5.24. The lowest BCUT2D eigenvalue weighted by molar-refractivity contribution is -0.136. The van der Waals surface area contributed by atoms with E-state index in [1.807, 2.05) is 30.5 Å². The van der Waals surface area contributed by atoms with Crippen molar-refractivity contribution in [3.8, 4) is 0 Å². The monoisotopic (exact) mass is 265 g/mol. The molecule has 0 spiro atoms. The van der Waals surface area contributed by atoms with Crippen molar-refractivity contribution in [3.05, 3.63) is 29.3 Å². The zero-order valence-corrected chi connectivity index (χ0v) is 11.2. The standard InChI is InChI=1S/C12H15N3O2S/c1-8-5-9(2)15-6-10(14-12(15)13-8)7-18-4-3-11(16)17/h5-6H,3-4,7H2,1-2H3,(H,16,17). The van der Waals surface area contributed by atoms with E-state index in [4.69, 9.17) is 5.11 Å². The largest absolute Gasteiger partial charge is 0.481 e. The molecule has 0 saturated heterocycles. The van der Waals surface area contributed by atoms with E-state index in [-0.39, 0.29) is 6.42 Å². The summed E-state index contributed by atoms with van der Waals surface area (Å²) in [5.74, 6) is 1.27.